The Bertz CT molecular complexity index is 410. The summed E-state index contributed by atoms with van der Waals surface area (Å²) in [7, 11) is 0. The van der Waals surface area contributed by atoms with Crippen LogP contribution in [-0.2, 0) is 0 Å². The van der Waals surface area contributed by atoms with E-state index in [-0.39, 0.29) is 5.91 Å². The molecule has 1 amide bonds. The molecule has 0 radical (unpaired) electrons. The van der Waals surface area contributed by atoms with Gasteiger partial charge in [0.1, 0.15) is 0 Å². The molecule has 20 heavy (non-hydrogen) atoms. The van der Waals surface area contributed by atoms with Gasteiger partial charge in [-0.15, -0.1) is 0 Å². The van der Waals surface area contributed by atoms with E-state index in [0.717, 1.165) is 18.4 Å². The van der Waals surface area contributed by atoms with E-state index in [4.69, 9.17) is 0 Å². The Kier molecular flexibility index (Phi) is 8.36. The van der Waals surface area contributed by atoms with Crippen molar-refractivity contribution in [3.8, 4) is 0 Å². The quantitative estimate of drug-likeness (QED) is 0.403. The van der Waals surface area contributed by atoms with Crippen LogP contribution in [0.3, 0.4) is 0 Å². The zero-order valence-corrected chi connectivity index (χ0v) is 12.7. The van der Waals surface area contributed by atoms with Crippen LogP contribution in [0, 0.1) is 6.92 Å². The molecule has 0 saturated heterocycles. The minimum atomic E-state index is -0.149. The lowest BCUT2D eigenvalue weighted by atomic mass is 10.1. The van der Waals surface area contributed by atoms with Crippen molar-refractivity contribution in [1.29, 1.82) is 0 Å². The maximum atomic E-state index is 11.7. The Morgan fingerprint density at radius 3 is 2.45 bits per heavy atom. The predicted molar refractivity (Wildman–Crippen MR) is 85.1 cm³/mol. The summed E-state index contributed by atoms with van der Waals surface area (Å²) < 4.78 is 0. The Morgan fingerprint density at radius 1 is 1.10 bits per heavy atom. The van der Waals surface area contributed by atoms with E-state index in [1.165, 1.54) is 32.1 Å². The van der Waals surface area contributed by atoms with Gasteiger partial charge in [-0.05, 0) is 31.9 Å². The lowest BCUT2D eigenvalue weighted by molar-refractivity contribution is 0.0955. The summed E-state index contributed by atoms with van der Waals surface area (Å²) in [5.74, 6) is -0.149. The van der Waals surface area contributed by atoms with Crippen LogP contribution in [0.15, 0.2) is 29.4 Å². The van der Waals surface area contributed by atoms with Crippen LogP contribution < -0.4 is 5.43 Å². The average Bonchev–Trinajstić information content (AvgIpc) is 2.46. The van der Waals surface area contributed by atoms with Crippen LogP contribution in [0.4, 0.5) is 0 Å². The Hall–Kier alpha value is -1.64. The fourth-order valence-corrected chi connectivity index (χ4v) is 1.95. The van der Waals surface area contributed by atoms with Crippen molar-refractivity contribution < 1.29 is 4.79 Å². The summed E-state index contributed by atoms with van der Waals surface area (Å²) in [6, 6.07) is 7.48. The molecule has 0 saturated carbocycles. The van der Waals surface area contributed by atoms with Gasteiger partial charge in [0, 0.05) is 11.8 Å². The van der Waals surface area contributed by atoms with E-state index >= 15 is 0 Å². The normalized spacial score (nSPS) is 10.9. The monoisotopic (exact) mass is 274 g/mol. The number of carbonyl (C=O) groups excluding carboxylic acids is 1. The van der Waals surface area contributed by atoms with Gasteiger partial charge in [-0.1, -0.05) is 56.7 Å². The van der Waals surface area contributed by atoms with Crippen LogP contribution in [0.1, 0.15) is 67.8 Å². The highest BCUT2D eigenvalue weighted by molar-refractivity contribution is 5.94. The molecular weight excluding hydrogens is 248 g/mol. The third-order valence-corrected chi connectivity index (χ3v) is 3.26. The third kappa shape index (κ3) is 7.07. The number of unbranched alkanes of at least 4 members (excludes halogenated alkanes) is 6. The molecule has 1 aromatic rings. The van der Waals surface area contributed by atoms with Gasteiger partial charge >= 0.3 is 0 Å². The first-order valence-corrected chi connectivity index (χ1v) is 7.62. The first-order valence-electron chi connectivity index (χ1n) is 7.62. The second-order valence-electron chi connectivity index (χ2n) is 5.18. The van der Waals surface area contributed by atoms with Crippen LogP contribution in [-0.4, -0.2) is 12.1 Å². The minimum absolute atomic E-state index is 0.149. The molecule has 0 atom stereocenters. The molecule has 0 spiro atoms. The van der Waals surface area contributed by atoms with Gasteiger partial charge in [0.05, 0.1) is 0 Å². The van der Waals surface area contributed by atoms with Gasteiger partial charge in [0.2, 0.25) is 0 Å². The van der Waals surface area contributed by atoms with Gasteiger partial charge in [-0.25, -0.2) is 5.43 Å². The van der Waals surface area contributed by atoms with Crippen molar-refractivity contribution in [2.75, 3.05) is 0 Å². The second-order valence-corrected chi connectivity index (χ2v) is 5.18. The predicted octanol–water partition coefficient (Wildman–Crippen LogP) is 4.46. The Balaban J connectivity index is 2.11. The first-order chi connectivity index (χ1) is 9.74. The van der Waals surface area contributed by atoms with Crippen molar-refractivity contribution >= 4 is 12.1 Å². The fourth-order valence-electron chi connectivity index (χ4n) is 1.95. The van der Waals surface area contributed by atoms with Gasteiger partial charge in [-0.3, -0.25) is 4.79 Å². The molecule has 1 rings (SSSR count). The molecular formula is C17H26N2O. The van der Waals surface area contributed by atoms with E-state index in [1.807, 2.05) is 31.2 Å². The zero-order valence-electron chi connectivity index (χ0n) is 12.7. The molecule has 0 unspecified atom stereocenters. The van der Waals surface area contributed by atoms with E-state index in [9.17, 15) is 4.79 Å². The number of hydrogen-bond acceptors (Lipinski definition) is 2. The summed E-state index contributed by atoms with van der Waals surface area (Å²) in [6.07, 6.45) is 10.4. The maximum Gasteiger partial charge on any atom is 0.271 e. The lowest BCUT2D eigenvalue weighted by Crippen LogP contribution is -2.17. The van der Waals surface area contributed by atoms with Crippen molar-refractivity contribution in [1.82, 2.24) is 5.43 Å². The summed E-state index contributed by atoms with van der Waals surface area (Å²) in [4.78, 5) is 11.7. The molecule has 3 nitrogen and oxygen atoms in total. The highest BCUT2D eigenvalue weighted by Gasteiger charge is 2.02. The van der Waals surface area contributed by atoms with Crippen LogP contribution in [0.2, 0.25) is 0 Å². The van der Waals surface area contributed by atoms with Crippen molar-refractivity contribution in [3.05, 3.63) is 35.4 Å². The number of hydrogen-bond donors (Lipinski definition) is 1. The molecule has 0 bridgehead atoms. The minimum Gasteiger partial charge on any atom is -0.267 e. The molecule has 1 aromatic carbocycles. The van der Waals surface area contributed by atoms with Gasteiger partial charge < -0.3 is 0 Å². The second kappa shape index (κ2) is 10.2. The van der Waals surface area contributed by atoms with E-state index in [2.05, 4.69) is 17.5 Å². The van der Waals surface area contributed by atoms with Crippen LogP contribution >= 0.6 is 0 Å². The third-order valence-electron chi connectivity index (χ3n) is 3.26. The molecule has 0 aromatic heterocycles. The van der Waals surface area contributed by atoms with E-state index < -0.39 is 0 Å². The maximum absolute atomic E-state index is 11.7. The first kappa shape index (κ1) is 16.4. The zero-order chi connectivity index (χ0) is 14.6. The summed E-state index contributed by atoms with van der Waals surface area (Å²) in [5, 5.41) is 3.98. The smallest absolute Gasteiger partial charge is 0.267 e. The number of nitrogens with zero attached hydrogens (tertiary/aromatic N) is 1. The molecule has 0 aliphatic heterocycles. The van der Waals surface area contributed by atoms with E-state index in [1.54, 1.807) is 6.21 Å². The highest BCUT2D eigenvalue weighted by Crippen LogP contribution is 2.06. The van der Waals surface area contributed by atoms with Crippen molar-refractivity contribution in [2.24, 2.45) is 5.10 Å². The largest absolute Gasteiger partial charge is 0.271 e. The number of amides is 1. The molecule has 1 N–H and O–H groups in total. The lowest BCUT2D eigenvalue weighted by Gasteiger charge is -2.00. The molecule has 0 aliphatic rings. The summed E-state index contributed by atoms with van der Waals surface area (Å²) in [6.45, 7) is 4.23. The summed E-state index contributed by atoms with van der Waals surface area (Å²) >= 11 is 0. The number of aryl methyl sites for hydroxylation is 1. The van der Waals surface area contributed by atoms with E-state index in [0.29, 0.717) is 5.56 Å². The van der Waals surface area contributed by atoms with Crippen molar-refractivity contribution in [2.45, 2.75) is 58.8 Å². The molecule has 0 heterocycles. The standard InChI is InChI=1S/C17H26N2O/c1-3-4-5-6-7-8-9-14-18-19-17(20)16-12-10-15(2)11-13-16/h10-14H,3-9H2,1-2H3,(H,19,20)/b18-14+. The SMILES string of the molecule is CCCCCCCC/C=N/NC(=O)c1ccc(C)cc1. The Morgan fingerprint density at radius 2 is 1.75 bits per heavy atom. The topological polar surface area (TPSA) is 41.5 Å². The number of rotatable bonds is 9. The molecule has 0 aliphatic carbocycles. The average molecular weight is 274 g/mol. The van der Waals surface area contributed by atoms with Crippen molar-refractivity contribution in [3.63, 3.8) is 0 Å². The number of hydrazone groups is 1. The fraction of sp³-hybridized carbons (Fsp3) is 0.529. The highest BCUT2D eigenvalue weighted by atomic mass is 16.2. The van der Waals surface area contributed by atoms with Crippen LogP contribution in [0.5, 0.6) is 0 Å². The van der Waals surface area contributed by atoms with Crippen LogP contribution in [0.25, 0.3) is 0 Å². The molecule has 3 heteroatoms. The van der Waals surface area contributed by atoms with Gasteiger partial charge in [0.25, 0.3) is 5.91 Å². The van der Waals surface area contributed by atoms with Gasteiger partial charge in [0.15, 0.2) is 0 Å². The molecule has 0 fully saturated rings. The number of carbonyl (C=O) groups is 1. The number of benzene rings is 1. The Labute approximate surface area is 122 Å². The number of nitrogens with one attached hydrogen (secondary N) is 1. The van der Waals surface area contributed by atoms with Gasteiger partial charge in [-0.2, -0.15) is 5.10 Å². The molecule has 110 valence electrons. The summed E-state index contributed by atoms with van der Waals surface area (Å²) in [5.41, 5.74) is 4.35.